The van der Waals surface area contributed by atoms with E-state index >= 15 is 0 Å². The second-order valence-electron chi connectivity index (χ2n) is 7.74. The van der Waals surface area contributed by atoms with Crippen LogP contribution in [-0.4, -0.2) is 20.7 Å². The Labute approximate surface area is 157 Å². The number of hydrogen-bond donors (Lipinski definition) is 2. The summed E-state index contributed by atoms with van der Waals surface area (Å²) in [6.45, 7) is 10.1. The molecule has 136 valence electrons. The summed E-state index contributed by atoms with van der Waals surface area (Å²) in [6, 6.07) is 2.09. The van der Waals surface area contributed by atoms with E-state index in [9.17, 15) is 4.79 Å². The summed E-state index contributed by atoms with van der Waals surface area (Å²) in [5, 5.41) is 9.94. The molecule has 3 rings (SSSR count). The Morgan fingerprint density at radius 2 is 2.28 bits per heavy atom. The third-order valence-corrected chi connectivity index (χ3v) is 6.64. The van der Waals surface area contributed by atoms with E-state index in [1.165, 1.54) is 16.9 Å². The zero-order valence-electron chi connectivity index (χ0n) is 15.3. The molecule has 1 unspecified atom stereocenters. The van der Waals surface area contributed by atoms with Crippen molar-refractivity contribution in [1.29, 1.82) is 0 Å². The standard InChI is InChI=1S/C18H26N4OS2/c1-5-22-15(20-21-17(22)24)10-19-16(23)14-9-11-8-12(18(2,3)4)6-7-13(11)25-14/h9,12H,5-8,10H2,1-4H3,(H,19,23)(H,21,24). The van der Waals surface area contributed by atoms with Crippen molar-refractivity contribution in [3.8, 4) is 0 Å². The smallest absolute Gasteiger partial charge is 0.261 e. The van der Waals surface area contributed by atoms with Crippen LogP contribution in [0.3, 0.4) is 0 Å². The molecule has 1 aliphatic rings. The van der Waals surface area contributed by atoms with Gasteiger partial charge in [-0.05, 0) is 61.4 Å². The second-order valence-corrected chi connectivity index (χ2v) is 9.26. The van der Waals surface area contributed by atoms with Crippen molar-refractivity contribution in [1.82, 2.24) is 20.1 Å². The molecule has 2 heterocycles. The molecule has 0 saturated heterocycles. The normalized spacial score (nSPS) is 17.4. The largest absolute Gasteiger partial charge is 0.344 e. The first-order valence-electron chi connectivity index (χ1n) is 8.83. The van der Waals surface area contributed by atoms with Gasteiger partial charge in [-0.3, -0.25) is 9.89 Å². The molecule has 1 aliphatic carbocycles. The van der Waals surface area contributed by atoms with Gasteiger partial charge in [-0.25, -0.2) is 0 Å². The van der Waals surface area contributed by atoms with Crippen molar-refractivity contribution in [2.24, 2.45) is 11.3 Å². The Balaban J connectivity index is 1.68. The first-order valence-corrected chi connectivity index (χ1v) is 10.1. The summed E-state index contributed by atoms with van der Waals surface area (Å²) >= 11 is 6.82. The predicted octanol–water partition coefficient (Wildman–Crippen LogP) is 4.10. The molecular formula is C18H26N4OS2. The van der Waals surface area contributed by atoms with Gasteiger partial charge in [0.25, 0.3) is 5.91 Å². The molecule has 7 heteroatoms. The molecule has 0 spiro atoms. The number of carbonyl (C=O) groups excluding carboxylic acids is 1. The molecule has 1 amide bonds. The summed E-state index contributed by atoms with van der Waals surface area (Å²) < 4.78 is 2.48. The third kappa shape index (κ3) is 3.87. The zero-order valence-corrected chi connectivity index (χ0v) is 16.9. The highest BCUT2D eigenvalue weighted by Crippen LogP contribution is 2.40. The maximum absolute atomic E-state index is 12.5. The summed E-state index contributed by atoms with van der Waals surface area (Å²) in [7, 11) is 0. The number of rotatable bonds is 4. The van der Waals surface area contributed by atoms with E-state index < -0.39 is 0 Å². The lowest BCUT2D eigenvalue weighted by Crippen LogP contribution is -2.26. The summed E-state index contributed by atoms with van der Waals surface area (Å²) in [5.74, 6) is 1.42. The highest BCUT2D eigenvalue weighted by atomic mass is 32.1. The lowest BCUT2D eigenvalue weighted by atomic mass is 9.72. The number of hydrogen-bond acceptors (Lipinski definition) is 4. The van der Waals surface area contributed by atoms with Gasteiger partial charge < -0.3 is 9.88 Å². The Kier molecular flexibility index (Phi) is 5.16. The quantitative estimate of drug-likeness (QED) is 0.787. The van der Waals surface area contributed by atoms with Gasteiger partial charge in [0.05, 0.1) is 11.4 Å². The van der Waals surface area contributed by atoms with Gasteiger partial charge in [-0.2, -0.15) is 5.10 Å². The minimum atomic E-state index is -0.0247. The van der Waals surface area contributed by atoms with Crippen molar-refractivity contribution >= 4 is 29.5 Å². The molecule has 2 aromatic heterocycles. The molecule has 0 fully saturated rings. The van der Waals surface area contributed by atoms with Crippen molar-refractivity contribution in [3.05, 3.63) is 32.0 Å². The maximum atomic E-state index is 12.5. The van der Waals surface area contributed by atoms with E-state index in [-0.39, 0.29) is 5.91 Å². The van der Waals surface area contributed by atoms with Crippen LogP contribution < -0.4 is 5.32 Å². The van der Waals surface area contributed by atoms with Crippen LogP contribution in [0.2, 0.25) is 0 Å². The van der Waals surface area contributed by atoms with Crippen LogP contribution in [0.1, 0.15) is 60.1 Å². The first kappa shape index (κ1) is 18.3. The van der Waals surface area contributed by atoms with Gasteiger partial charge in [0.1, 0.15) is 0 Å². The molecule has 0 aromatic carbocycles. The molecular weight excluding hydrogens is 352 g/mol. The number of aryl methyl sites for hydroxylation is 1. The number of aromatic amines is 1. The summed E-state index contributed by atoms with van der Waals surface area (Å²) in [6.07, 6.45) is 3.38. The molecule has 0 radical (unpaired) electrons. The fourth-order valence-electron chi connectivity index (χ4n) is 3.43. The van der Waals surface area contributed by atoms with E-state index in [1.54, 1.807) is 11.3 Å². The average Bonchev–Trinajstić information content (AvgIpc) is 3.14. The number of H-pyrrole nitrogens is 1. The Morgan fingerprint density at radius 3 is 2.96 bits per heavy atom. The highest BCUT2D eigenvalue weighted by molar-refractivity contribution is 7.71. The van der Waals surface area contributed by atoms with E-state index in [1.807, 2.05) is 11.5 Å². The van der Waals surface area contributed by atoms with Gasteiger partial charge in [0.15, 0.2) is 10.6 Å². The monoisotopic (exact) mass is 378 g/mol. The lowest BCUT2D eigenvalue weighted by Gasteiger charge is -2.33. The van der Waals surface area contributed by atoms with E-state index in [0.717, 1.165) is 30.1 Å². The van der Waals surface area contributed by atoms with Crippen LogP contribution in [0.25, 0.3) is 0 Å². The van der Waals surface area contributed by atoms with E-state index in [4.69, 9.17) is 12.2 Å². The van der Waals surface area contributed by atoms with Gasteiger partial charge in [0, 0.05) is 11.4 Å². The molecule has 0 aliphatic heterocycles. The van der Waals surface area contributed by atoms with Crippen LogP contribution in [-0.2, 0) is 25.9 Å². The summed E-state index contributed by atoms with van der Waals surface area (Å²) in [4.78, 5) is 14.7. The summed E-state index contributed by atoms with van der Waals surface area (Å²) in [5.41, 5.74) is 1.68. The number of fused-ring (bicyclic) bond motifs is 1. The van der Waals surface area contributed by atoms with Crippen LogP contribution >= 0.6 is 23.6 Å². The number of nitrogens with one attached hydrogen (secondary N) is 2. The van der Waals surface area contributed by atoms with Crippen molar-refractivity contribution in [2.75, 3.05) is 0 Å². The fraction of sp³-hybridized carbons (Fsp3) is 0.611. The van der Waals surface area contributed by atoms with Crippen molar-refractivity contribution < 1.29 is 4.79 Å². The molecule has 0 bridgehead atoms. The Hall–Kier alpha value is -1.47. The van der Waals surface area contributed by atoms with Gasteiger partial charge in [-0.15, -0.1) is 11.3 Å². The van der Waals surface area contributed by atoms with Crippen LogP contribution in [0, 0.1) is 16.1 Å². The number of nitrogens with zero attached hydrogens (tertiary/aromatic N) is 2. The van der Waals surface area contributed by atoms with Crippen molar-refractivity contribution in [3.63, 3.8) is 0 Å². The number of aromatic nitrogens is 3. The average molecular weight is 379 g/mol. The minimum Gasteiger partial charge on any atom is -0.344 e. The van der Waals surface area contributed by atoms with Gasteiger partial charge >= 0.3 is 0 Å². The topological polar surface area (TPSA) is 62.7 Å². The van der Waals surface area contributed by atoms with Crippen LogP contribution in [0.4, 0.5) is 0 Å². The maximum Gasteiger partial charge on any atom is 0.261 e. The van der Waals surface area contributed by atoms with Crippen LogP contribution in [0.15, 0.2) is 6.07 Å². The Bertz CT molecular complexity index is 825. The highest BCUT2D eigenvalue weighted by Gasteiger charge is 2.30. The fourth-order valence-corrected chi connectivity index (χ4v) is 4.84. The SMILES string of the molecule is CCn1c(CNC(=O)c2cc3c(s2)CCC(C(C)(C)C)C3)n[nH]c1=S. The minimum absolute atomic E-state index is 0.0247. The Morgan fingerprint density at radius 1 is 1.52 bits per heavy atom. The lowest BCUT2D eigenvalue weighted by molar-refractivity contribution is 0.0953. The number of amides is 1. The van der Waals surface area contributed by atoms with Crippen molar-refractivity contribution in [2.45, 2.75) is 60.0 Å². The molecule has 0 saturated carbocycles. The van der Waals surface area contributed by atoms with Crippen LogP contribution in [0.5, 0.6) is 0 Å². The predicted molar refractivity (Wildman–Crippen MR) is 104 cm³/mol. The third-order valence-electron chi connectivity index (χ3n) is 5.09. The first-order chi connectivity index (χ1) is 11.8. The van der Waals surface area contributed by atoms with E-state index in [2.05, 4.69) is 42.4 Å². The molecule has 2 aromatic rings. The van der Waals surface area contributed by atoms with E-state index in [0.29, 0.717) is 22.6 Å². The molecule has 5 nitrogen and oxygen atoms in total. The number of carbonyl (C=O) groups is 1. The molecule has 25 heavy (non-hydrogen) atoms. The molecule has 1 atom stereocenters. The zero-order chi connectivity index (χ0) is 18.2. The second kappa shape index (κ2) is 7.03. The van der Waals surface area contributed by atoms with Gasteiger partial charge in [-0.1, -0.05) is 20.8 Å². The molecule has 2 N–H and O–H groups in total. The van der Waals surface area contributed by atoms with Gasteiger partial charge in [0.2, 0.25) is 0 Å². The number of thiophene rings is 1.